The maximum Gasteiger partial charge on any atom is 0.391 e. The third kappa shape index (κ3) is 4.99. The summed E-state index contributed by atoms with van der Waals surface area (Å²) in [7, 11) is 1.52. The lowest BCUT2D eigenvalue weighted by atomic mass is 9.85. The topological polar surface area (TPSA) is 99.8 Å². The van der Waals surface area contributed by atoms with Gasteiger partial charge in [0, 0.05) is 32.2 Å². The van der Waals surface area contributed by atoms with Crippen LogP contribution in [0.3, 0.4) is 0 Å². The molecule has 2 fully saturated rings. The Balaban J connectivity index is 1.94. The van der Waals surface area contributed by atoms with Crippen LogP contribution in [0, 0.1) is 16.0 Å². The number of aromatic carboxylic acids is 1. The number of rotatable bonds is 5. The third-order valence-corrected chi connectivity index (χ3v) is 6.16. The Morgan fingerprint density at radius 2 is 1.81 bits per heavy atom. The van der Waals surface area contributed by atoms with Crippen LogP contribution in [0.2, 0.25) is 0 Å². The van der Waals surface area contributed by atoms with E-state index in [-0.39, 0.29) is 68.8 Å². The summed E-state index contributed by atoms with van der Waals surface area (Å²) < 4.78 is 52.4. The summed E-state index contributed by atoms with van der Waals surface area (Å²) in [4.78, 5) is 30.0. The maximum absolute atomic E-state index is 13.5. The second-order valence-corrected chi connectivity index (χ2v) is 8.08. The number of hydrogen-bond acceptors (Lipinski definition) is 6. The molecule has 0 atom stereocenters. The van der Waals surface area contributed by atoms with Gasteiger partial charge in [0.05, 0.1) is 10.8 Å². The van der Waals surface area contributed by atoms with Crippen LogP contribution in [0.15, 0.2) is 6.07 Å². The molecule has 1 aromatic heterocycles. The van der Waals surface area contributed by atoms with Crippen LogP contribution >= 0.6 is 0 Å². The van der Waals surface area contributed by atoms with Crippen molar-refractivity contribution in [3.05, 3.63) is 21.7 Å². The predicted molar refractivity (Wildman–Crippen MR) is 104 cm³/mol. The van der Waals surface area contributed by atoms with Gasteiger partial charge >= 0.3 is 17.8 Å². The zero-order chi connectivity index (χ0) is 22.9. The zero-order valence-electron chi connectivity index (χ0n) is 16.9. The Morgan fingerprint density at radius 1 is 1.23 bits per heavy atom. The highest BCUT2D eigenvalue weighted by molar-refractivity contribution is 5.95. The van der Waals surface area contributed by atoms with E-state index in [1.54, 1.807) is 4.90 Å². The Bertz CT molecular complexity index is 835. The second-order valence-electron chi connectivity index (χ2n) is 8.08. The third-order valence-electron chi connectivity index (χ3n) is 6.16. The van der Waals surface area contributed by atoms with E-state index < -0.39 is 40.9 Å². The summed E-state index contributed by atoms with van der Waals surface area (Å²) in [6.07, 6.45) is -4.71. The van der Waals surface area contributed by atoms with Crippen LogP contribution < -0.4 is 9.80 Å². The van der Waals surface area contributed by atoms with Crippen molar-refractivity contribution in [2.45, 2.75) is 56.9 Å². The number of carbonyl (C=O) groups is 1. The molecule has 8 nitrogen and oxygen atoms in total. The minimum atomic E-state index is -4.27. The van der Waals surface area contributed by atoms with Gasteiger partial charge in [-0.25, -0.2) is 14.2 Å². The fraction of sp³-hybridized carbons (Fsp3) is 0.684. The van der Waals surface area contributed by atoms with Gasteiger partial charge in [-0.2, -0.15) is 13.2 Å². The predicted octanol–water partition coefficient (Wildman–Crippen LogP) is 4.18. The van der Waals surface area contributed by atoms with Gasteiger partial charge in [0.1, 0.15) is 17.6 Å². The summed E-state index contributed by atoms with van der Waals surface area (Å²) in [5.41, 5.74) is -0.885. The molecule has 3 rings (SSSR count). The van der Waals surface area contributed by atoms with Gasteiger partial charge in [-0.05, 0) is 38.5 Å². The van der Waals surface area contributed by atoms with E-state index in [9.17, 15) is 37.6 Å². The number of piperidine rings is 1. The molecule has 1 N–H and O–H groups in total. The number of hydrogen-bond donors (Lipinski definition) is 1. The lowest BCUT2D eigenvalue weighted by molar-refractivity contribution is -0.384. The van der Waals surface area contributed by atoms with Crippen molar-refractivity contribution in [3.8, 4) is 0 Å². The van der Waals surface area contributed by atoms with Crippen molar-refractivity contribution in [2.75, 3.05) is 29.9 Å². The highest BCUT2D eigenvalue weighted by atomic mass is 19.4. The Kier molecular flexibility index (Phi) is 6.56. The minimum absolute atomic E-state index is 0.0100. The summed E-state index contributed by atoms with van der Waals surface area (Å²) in [6.45, 7) is 0.429. The highest BCUT2D eigenvalue weighted by Gasteiger charge is 2.42. The van der Waals surface area contributed by atoms with Crippen molar-refractivity contribution in [1.29, 1.82) is 0 Å². The number of nitrogens with zero attached hydrogens (tertiary/aromatic N) is 4. The number of alkyl halides is 4. The number of pyridine rings is 1. The number of carboxylic acids is 1. The molecule has 0 bridgehead atoms. The van der Waals surface area contributed by atoms with E-state index in [1.807, 2.05) is 0 Å². The lowest BCUT2D eigenvalue weighted by Crippen LogP contribution is -2.40. The average Bonchev–Trinajstić information content (AvgIpc) is 2.72. The van der Waals surface area contributed by atoms with Crippen molar-refractivity contribution in [2.24, 2.45) is 5.92 Å². The fourth-order valence-corrected chi connectivity index (χ4v) is 4.30. The van der Waals surface area contributed by atoms with Crippen LogP contribution in [-0.4, -0.2) is 59.5 Å². The lowest BCUT2D eigenvalue weighted by Gasteiger charge is -2.36. The zero-order valence-corrected chi connectivity index (χ0v) is 16.9. The molecule has 1 aliphatic carbocycles. The van der Waals surface area contributed by atoms with E-state index in [0.29, 0.717) is 0 Å². The Morgan fingerprint density at radius 3 is 2.29 bits per heavy atom. The molecule has 1 saturated heterocycles. The van der Waals surface area contributed by atoms with Crippen molar-refractivity contribution < 1.29 is 32.4 Å². The first-order chi connectivity index (χ1) is 14.5. The molecule has 12 heteroatoms. The van der Waals surface area contributed by atoms with Crippen LogP contribution in [-0.2, 0) is 0 Å². The van der Waals surface area contributed by atoms with Gasteiger partial charge in [-0.1, -0.05) is 0 Å². The molecule has 172 valence electrons. The van der Waals surface area contributed by atoms with Crippen molar-refractivity contribution >= 4 is 23.3 Å². The van der Waals surface area contributed by atoms with Crippen LogP contribution in [0.1, 0.15) is 48.9 Å². The highest BCUT2D eigenvalue weighted by Crippen LogP contribution is 2.41. The van der Waals surface area contributed by atoms with Gasteiger partial charge in [-0.3, -0.25) is 10.1 Å². The number of anilines is 2. The van der Waals surface area contributed by atoms with E-state index in [2.05, 4.69) is 4.98 Å². The maximum atomic E-state index is 13.5. The number of halogens is 4. The normalized spacial score (nSPS) is 22.9. The Labute approximate surface area is 176 Å². The first-order valence-corrected chi connectivity index (χ1v) is 10.1. The number of nitro groups is 1. The number of carboxylic acid groups (broad SMARTS) is 1. The molecule has 0 unspecified atom stereocenters. The largest absolute Gasteiger partial charge is 0.478 e. The molecule has 0 aromatic carbocycles. The SMILES string of the molecule is CN(c1nc(N2CCC(F)CC2)c(C(=O)O)cc1[N+](=O)[O-])C1CCC(C(F)(F)F)CC1. The molecule has 0 radical (unpaired) electrons. The molecule has 1 aromatic rings. The van der Waals surface area contributed by atoms with Crippen molar-refractivity contribution in [1.82, 2.24) is 4.98 Å². The standard InChI is InChI=1S/C19H24F4N4O4/c1-25(13-4-2-11(3-5-13)19(21,22)23)17-15(27(30)31)10-14(18(28)29)16(24-17)26-8-6-12(20)7-9-26/h10-13H,2-9H2,1H3,(H,28,29). The average molecular weight is 448 g/mol. The van der Waals surface area contributed by atoms with Gasteiger partial charge in [0.15, 0.2) is 0 Å². The van der Waals surface area contributed by atoms with E-state index >= 15 is 0 Å². The fourth-order valence-electron chi connectivity index (χ4n) is 4.30. The summed E-state index contributed by atoms with van der Waals surface area (Å²) in [5, 5.41) is 21.2. The smallest absolute Gasteiger partial charge is 0.391 e. The van der Waals surface area contributed by atoms with Crippen LogP contribution in [0.25, 0.3) is 0 Å². The first kappa shape index (κ1) is 23.0. The number of aromatic nitrogens is 1. The van der Waals surface area contributed by atoms with E-state index in [0.717, 1.165) is 6.07 Å². The molecule has 2 aliphatic rings. The van der Waals surface area contributed by atoms with Gasteiger partial charge in [0.25, 0.3) is 0 Å². The minimum Gasteiger partial charge on any atom is -0.478 e. The van der Waals surface area contributed by atoms with Gasteiger partial charge in [0.2, 0.25) is 5.82 Å². The first-order valence-electron chi connectivity index (χ1n) is 10.1. The van der Waals surface area contributed by atoms with Gasteiger partial charge < -0.3 is 14.9 Å². The quantitative estimate of drug-likeness (QED) is 0.410. The second kappa shape index (κ2) is 8.83. The molecule has 0 amide bonds. The molecule has 0 spiro atoms. The molecule has 1 aliphatic heterocycles. The summed E-state index contributed by atoms with van der Waals surface area (Å²) in [6, 6.07) is 0.532. The molecular weight excluding hydrogens is 424 g/mol. The summed E-state index contributed by atoms with van der Waals surface area (Å²) in [5.74, 6) is -2.88. The molecule has 31 heavy (non-hydrogen) atoms. The molecule has 2 heterocycles. The van der Waals surface area contributed by atoms with Gasteiger partial charge in [-0.15, -0.1) is 0 Å². The van der Waals surface area contributed by atoms with Crippen molar-refractivity contribution in [3.63, 3.8) is 0 Å². The van der Waals surface area contributed by atoms with E-state index in [4.69, 9.17) is 0 Å². The molecular formula is C19H24F4N4O4. The van der Waals surface area contributed by atoms with Crippen LogP contribution in [0.5, 0.6) is 0 Å². The Hall–Kier alpha value is -2.66. The molecule has 1 saturated carbocycles. The summed E-state index contributed by atoms with van der Waals surface area (Å²) >= 11 is 0. The van der Waals surface area contributed by atoms with E-state index in [1.165, 1.54) is 11.9 Å². The van der Waals surface area contributed by atoms with Crippen LogP contribution in [0.4, 0.5) is 34.9 Å². The monoisotopic (exact) mass is 448 g/mol.